The van der Waals surface area contributed by atoms with Crippen LogP contribution in [-0.2, 0) is 0 Å². The van der Waals surface area contributed by atoms with Crippen molar-refractivity contribution in [3.05, 3.63) is 20.4 Å². The number of hydrogen-bond acceptors (Lipinski definition) is 4. The van der Waals surface area contributed by atoms with Gasteiger partial charge in [0, 0.05) is 27.2 Å². The molecule has 4 heteroatoms. The van der Waals surface area contributed by atoms with E-state index >= 15 is 0 Å². The van der Waals surface area contributed by atoms with Crippen LogP contribution in [0.15, 0.2) is 9.59 Å². The molecule has 0 aromatic heterocycles. The molecular weight excluding hydrogens is 156 g/mol. The normalized spacial score (nSPS) is 16.8. The summed E-state index contributed by atoms with van der Waals surface area (Å²) in [6.45, 7) is 1.63. The van der Waals surface area contributed by atoms with E-state index in [4.69, 9.17) is 0 Å². The van der Waals surface area contributed by atoms with Gasteiger partial charge in [-0.1, -0.05) is 0 Å². The molecule has 2 rings (SSSR count). The van der Waals surface area contributed by atoms with Crippen LogP contribution < -0.4 is 20.7 Å². The zero-order valence-electron chi connectivity index (χ0n) is 7.13. The van der Waals surface area contributed by atoms with Gasteiger partial charge in [-0.25, -0.2) is 0 Å². The summed E-state index contributed by atoms with van der Waals surface area (Å²) < 4.78 is 0. The van der Waals surface area contributed by atoms with Gasteiger partial charge in [0.2, 0.25) is 0 Å². The molecule has 0 bridgehead atoms. The number of rotatable bonds is 0. The Morgan fingerprint density at radius 2 is 1.25 bits per heavy atom. The third-order valence-corrected chi connectivity index (χ3v) is 2.39. The van der Waals surface area contributed by atoms with Gasteiger partial charge in [-0.05, 0) is 0 Å². The summed E-state index contributed by atoms with van der Waals surface area (Å²) in [6.07, 6.45) is 0. The molecule has 4 nitrogen and oxygen atoms in total. The SMILES string of the molecule is CN1CCN(C)c2c1c(=O)c2=O. The number of hydrogen-bond donors (Lipinski definition) is 0. The summed E-state index contributed by atoms with van der Waals surface area (Å²) in [6, 6.07) is 0. The Hall–Kier alpha value is -1.32. The molecule has 0 fully saturated rings. The Morgan fingerprint density at radius 3 is 1.58 bits per heavy atom. The molecule has 0 spiro atoms. The molecule has 0 radical (unpaired) electrons. The zero-order chi connectivity index (χ0) is 8.88. The highest BCUT2D eigenvalue weighted by Crippen LogP contribution is 2.25. The van der Waals surface area contributed by atoms with E-state index in [1.807, 2.05) is 23.9 Å². The van der Waals surface area contributed by atoms with Crippen LogP contribution in [0.25, 0.3) is 0 Å². The minimum absolute atomic E-state index is 0.334. The first-order valence-electron chi connectivity index (χ1n) is 3.88. The lowest BCUT2D eigenvalue weighted by molar-refractivity contribution is 0.780. The molecule has 1 aromatic carbocycles. The fourth-order valence-electron chi connectivity index (χ4n) is 1.60. The number of anilines is 2. The van der Waals surface area contributed by atoms with E-state index in [1.54, 1.807) is 0 Å². The molecule has 0 saturated heterocycles. The van der Waals surface area contributed by atoms with Gasteiger partial charge < -0.3 is 9.80 Å². The topological polar surface area (TPSA) is 40.6 Å². The highest BCUT2D eigenvalue weighted by Gasteiger charge is 2.29. The molecule has 12 heavy (non-hydrogen) atoms. The van der Waals surface area contributed by atoms with Gasteiger partial charge in [0.1, 0.15) is 11.4 Å². The van der Waals surface area contributed by atoms with Crippen LogP contribution in [-0.4, -0.2) is 27.2 Å². The van der Waals surface area contributed by atoms with Gasteiger partial charge in [-0.2, -0.15) is 0 Å². The molecule has 1 aromatic rings. The maximum atomic E-state index is 11.1. The first kappa shape index (κ1) is 7.34. The first-order chi connectivity index (χ1) is 5.63. The molecule has 1 heterocycles. The maximum absolute atomic E-state index is 11.1. The second-order valence-corrected chi connectivity index (χ2v) is 3.20. The van der Waals surface area contributed by atoms with Crippen molar-refractivity contribution < 1.29 is 0 Å². The van der Waals surface area contributed by atoms with Crippen molar-refractivity contribution in [2.24, 2.45) is 0 Å². The van der Waals surface area contributed by atoms with E-state index < -0.39 is 0 Å². The monoisotopic (exact) mass is 166 g/mol. The van der Waals surface area contributed by atoms with E-state index in [1.165, 1.54) is 0 Å². The Labute approximate surface area is 69.7 Å². The Morgan fingerprint density at radius 1 is 0.917 bits per heavy atom. The van der Waals surface area contributed by atoms with Crippen molar-refractivity contribution in [2.75, 3.05) is 37.0 Å². The van der Waals surface area contributed by atoms with Crippen LogP contribution in [0.4, 0.5) is 11.4 Å². The predicted molar refractivity (Wildman–Crippen MR) is 47.9 cm³/mol. The van der Waals surface area contributed by atoms with Gasteiger partial charge in [0.05, 0.1) is 0 Å². The molecular formula is C8H10N2O2. The van der Waals surface area contributed by atoms with E-state index in [9.17, 15) is 9.59 Å². The molecule has 0 unspecified atom stereocenters. The first-order valence-corrected chi connectivity index (χ1v) is 3.88. The lowest BCUT2D eigenvalue weighted by Crippen LogP contribution is -2.50. The Kier molecular flexibility index (Phi) is 1.28. The van der Waals surface area contributed by atoms with E-state index in [2.05, 4.69) is 0 Å². The second-order valence-electron chi connectivity index (χ2n) is 3.20. The lowest BCUT2D eigenvalue weighted by atomic mass is 10.1. The zero-order valence-corrected chi connectivity index (χ0v) is 7.13. The van der Waals surface area contributed by atoms with E-state index in [0.29, 0.717) is 11.4 Å². The molecule has 1 aliphatic heterocycles. The van der Waals surface area contributed by atoms with Crippen LogP contribution in [0.2, 0.25) is 0 Å². The van der Waals surface area contributed by atoms with Gasteiger partial charge in [0.25, 0.3) is 10.9 Å². The van der Waals surface area contributed by atoms with Crippen molar-refractivity contribution in [1.29, 1.82) is 0 Å². The lowest BCUT2D eigenvalue weighted by Gasteiger charge is -2.34. The van der Waals surface area contributed by atoms with E-state index in [0.717, 1.165) is 13.1 Å². The van der Waals surface area contributed by atoms with Gasteiger partial charge >= 0.3 is 0 Å². The highest BCUT2D eigenvalue weighted by molar-refractivity contribution is 5.77. The third-order valence-electron chi connectivity index (χ3n) is 2.39. The quantitative estimate of drug-likeness (QED) is 0.472. The van der Waals surface area contributed by atoms with Gasteiger partial charge in [-0.15, -0.1) is 0 Å². The minimum atomic E-state index is -0.334. The molecule has 1 aliphatic rings. The summed E-state index contributed by atoms with van der Waals surface area (Å²) in [5, 5.41) is 0. The molecule has 0 saturated carbocycles. The summed E-state index contributed by atoms with van der Waals surface area (Å²) in [4.78, 5) is 25.8. The van der Waals surface area contributed by atoms with Crippen LogP contribution in [0.3, 0.4) is 0 Å². The molecule has 64 valence electrons. The van der Waals surface area contributed by atoms with Crippen LogP contribution in [0.1, 0.15) is 0 Å². The maximum Gasteiger partial charge on any atom is 0.253 e. The molecule has 0 amide bonds. The summed E-state index contributed by atoms with van der Waals surface area (Å²) in [7, 11) is 3.68. The fraction of sp³-hybridized carbons (Fsp3) is 0.500. The van der Waals surface area contributed by atoms with Crippen molar-refractivity contribution in [1.82, 2.24) is 0 Å². The average Bonchev–Trinajstić information content (AvgIpc) is 2.07. The van der Waals surface area contributed by atoms with Crippen LogP contribution in [0, 0.1) is 0 Å². The average molecular weight is 166 g/mol. The molecule has 0 atom stereocenters. The van der Waals surface area contributed by atoms with Gasteiger partial charge in [0.15, 0.2) is 0 Å². The van der Waals surface area contributed by atoms with Crippen LogP contribution in [0.5, 0.6) is 0 Å². The number of nitrogens with zero attached hydrogens (tertiary/aromatic N) is 2. The molecule has 0 aliphatic carbocycles. The minimum Gasteiger partial charge on any atom is -0.368 e. The smallest absolute Gasteiger partial charge is 0.253 e. The Balaban J connectivity index is 2.58. The largest absolute Gasteiger partial charge is 0.368 e. The van der Waals surface area contributed by atoms with Crippen LogP contribution >= 0.6 is 0 Å². The van der Waals surface area contributed by atoms with Crippen molar-refractivity contribution in [3.63, 3.8) is 0 Å². The highest BCUT2D eigenvalue weighted by atomic mass is 16.2. The summed E-state index contributed by atoms with van der Waals surface area (Å²) in [5.74, 6) is 0. The fourth-order valence-corrected chi connectivity index (χ4v) is 1.60. The summed E-state index contributed by atoms with van der Waals surface area (Å²) >= 11 is 0. The van der Waals surface area contributed by atoms with Gasteiger partial charge in [-0.3, -0.25) is 9.59 Å². The predicted octanol–water partition coefficient (Wildman–Crippen LogP) is -0.831. The second kappa shape index (κ2) is 2.09. The number of likely N-dealkylation sites (N-methyl/N-ethyl adjacent to an activating group) is 2. The van der Waals surface area contributed by atoms with E-state index in [-0.39, 0.29) is 10.9 Å². The number of fused-ring (bicyclic) bond motifs is 1. The van der Waals surface area contributed by atoms with Crippen molar-refractivity contribution >= 4 is 11.4 Å². The van der Waals surface area contributed by atoms with Crippen molar-refractivity contribution in [3.8, 4) is 0 Å². The Bertz CT molecular complexity index is 352. The third kappa shape index (κ3) is 0.668. The van der Waals surface area contributed by atoms with Crippen molar-refractivity contribution in [2.45, 2.75) is 0 Å². The standard InChI is InChI=1S/C8H10N2O2/c1-9-3-4-10(2)6-5(9)7(11)8(6)12/h3-4H2,1-2H3. The summed E-state index contributed by atoms with van der Waals surface area (Å²) in [5.41, 5.74) is 0.514. The molecule has 0 N–H and O–H groups in total.